The van der Waals surface area contributed by atoms with Crippen LogP contribution in [0.5, 0.6) is 0 Å². The van der Waals surface area contributed by atoms with Crippen molar-refractivity contribution in [2.24, 2.45) is 0 Å². The summed E-state index contributed by atoms with van der Waals surface area (Å²) in [5.74, 6) is 0. The topological polar surface area (TPSA) is 24.9 Å². The van der Waals surface area contributed by atoms with Crippen molar-refractivity contribution >= 4 is 27.2 Å². The van der Waals surface area contributed by atoms with Gasteiger partial charge in [0.25, 0.3) is 0 Å². The zero-order valence-electron chi connectivity index (χ0n) is 22.0. The van der Waals surface area contributed by atoms with E-state index >= 15 is 0 Å². The summed E-state index contributed by atoms with van der Waals surface area (Å²) in [6, 6.07) is 43.2. The number of para-hydroxylation sites is 1. The molecule has 1 N–H and O–H groups in total. The molecular weight excluding hydrogens is 460 g/mol. The molecular formula is C36H32N2. The molecule has 1 heterocycles. The number of anilines is 1. The minimum Gasteiger partial charge on any atom is -0.372 e. The van der Waals surface area contributed by atoms with Crippen LogP contribution in [0.2, 0.25) is 0 Å². The normalized spacial score (nSPS) is 12.1. The fourth-order valence-electron chi connectivity index (χ4n) is 5.61. The number of fused-ring (bicyclic) bond motifs is 2. The van der Waals surface area contributed by atoms with E-state index in [0.29, 0.717) is 0 Å². The Morgan fingerprint density at radius 2 is 1.18 bits per heavy atom. The zero-order valence-corrected chi connectivity index (χ0v) is 22.0. The van der Waals surface area contributed by atoms with E-state index in [1.54, 1.807) is 0 Å². The van der Waals surface area contributed by atoms with E-state index < -0.39 is 0 Å². The molecule has 2 heteroatoms. The van der Waals surface area contributed by atoms with Crippen molar-refractivity contribution in [3.05, 3.63) is 144 Å². The summed E-state index contributed by atoms with van der Waals surface area (Å²) in [5.41, 5.74) is 8.28. The van der Waals surface area contributed by atoms with Gasteiger partial charge in [-0.1, -0.05) is 117 Å². The number of hydrogen-bond acceptors (Lipinski definition) is 2. The second-order valence-corrected chi connectivity index (χ2v) is 9.78. The minimum absolute atomic E-state index is 0.132. The lowest BCUT2D eigenvalue weighted by Gasteiger charge is -2.27. The third-order valence-electron chi connectivity index (χ3n) is 7.53. The van der Waals surface area contributed by atoms with Crippen LogP contribution in [0.15, 0.2) is 121 Å². The fraction of sp³-hybridized carbons (Fsp3) is 0.139. The summed E-state index contributed by atoms with van der Waals surface area (Å²) in [6.07, 6.45) is 1.94. The second kappa shape index (κ2) is 10.5. The van der Waals surface area contributed by atoms with E-state index in [1.807, 2.05) is 6.07 Å². The molecule has 0 aliphatic heterocycles. The molecule has 0 aliphatic rings. The summed E-state index contributed by atoms with van der Waals surface area (Å²) < 4.78 is 0. The molecule has 0 spiro atoms. The molecule has 1 unspecified atom stereocenters. The van der Waals surface area contributed by atoms with Crippen LogP contribution in [0.4, 0.5) is 5.69 Å². The highest BCUT2D eigenvalue weighted by atomic mass is 15.0. The Morgan fingerprint density at radius 3 is 1.82 bits per heavy atom. The monoisotopic (exact) mass is 492 g/mol. The Labute approximate surface area is 225 Å². The number of rotatable bonds is 7. The summed E-state index contributed by atoms with van der Waals surface area (Å²) in [6.45, 7) is 4.47. The summed E-state index contributed by atoms with van der Waals surface area (Å²) in [5, 5.41) is 9.04. The van der Waals surface area contributed by atoms with E-state index in [4.69, 9.17) is 4.98 Å². The molecule has 0 radical (unpaired) electrons. The Bertz CT molecular complexity index is 1640. The first-order chi connectivity index (χ1) is 18.8. The van der Waals surface area contributed by atoms with Crippen molar-refractivity contribution in [1.29, 1.82) is 0 Å². The van der Waals surface area contributed by atoms with Gasteiger partial charge in [-0.05, 0) is 69.3 Å². The first-order valence-corrected chi connectivity index (χ1v) is 13.6. The molecule has 1 aromatic heterocycles. The molecule has 5 aromatic carbocycles. The fourth-order valence-corrected chi connectivity index (χ4v) is 5.61. The van der Waals surface area contributed by atoms with Gasteiger partial charge >= 0.3 is 0 Å². The van der Waals surface area contributed by atoms with Crippen LogP contribution < -0.4 is 5.32 Å². The molecule has 2 nitrogen and oxygen atoms in total. The minimum atomic E-state index is -0.132. The molecule has 0 fully saturated rings. The molecule has 38 heavy (non-hydrogen) atoms. The van der Waals surface area contributed by atoms with E-state index in [1.165, 1.54) is 43.9 Å². The lowest BCUT2D eigenvalue weighted by Crippen LogP contribution is -2.17. The standard InChI is InChI=1S/C36H32N2/c1-3-25-18-12-19-26(4-2)35(25)38-36(33-23-13-22-32(37-33)27-14-6-5-7-15-27)34-30-20-10-8-16-28(30)24-29-17-9-11-21-31(29)34/h5-24,36,38H,3-4H2,1-2H3. The molecule has 1 atom stereocenters. The molecule has 0 amide bonds. The van der Waals surface area contributed by atoms with Crippen LogP contribution in [0.25, 0.3) is 32.8 Å². The molecule has 6 aromatic rings. The molecule has 0 aliphatic carbocycles. The number of pyridine rings is 1. The highest BCUT2D eigenvalue weighted by Gasteiger charge is 2.23. The number of hydrogen-bond donors (Lipinski definition) is 1. The number of aryl methyl sites for hydroxylation is 2. The van der Waals surface area contributed by atoms with Crippen LogP contribution in [-0.2, 0) is 12.8 Å². The highest BCUT2D eigenvalue weighted by molar-refractivity contribution is 6.03. The number of nitrogens with one attached hydrogen (secondary N) is 1. The molecule has 0 saturated heterocycles. The second-order valence-electron chi connectivity index (χ2n) is 9.78. The van der Waals surface area contributed by atoms with Crippen LogP contribution in [0.1, 0.15) is 42.3 Å². The van der Waals surface area contributed by atoms with Gasteiger partial charge in [0.2, 0.25) is 0 Å². The SMILES string of the molecule is CCc1cccc(CC)c1NC(c1cccc(-c2ccccc2)n1)c1c2ccccc2cc2ccccc12. The maximum absolute atomic E-state index is 5.28. The van der Waals surface area contributed by atoms with Crippen molar-refractivity contribution in [3.8, 4) is 11.3 Å². The van der Waals surface area contributed by atoms with Crippen LogP contribution in [-0.4, -0.2) is 4.98 Å². The van der Waals surface area contributed by atoms with Gasteiger partial charge in [-0.25, -0.2) is 0 Å². The van der Waals surface area contributed by atoms with Crippen LogP contribution >= 0.6 is 0 Å². The van der Waals surface area contributed by atoms with Gasteiger partial charge in [-0.3, -0.25) is 4.98 Å². The predicted octanol–water partition coefficient (Wildman–Crippen LogP) is 9.38. The molecule has 186 valence electrons. The van der Waals surface area contributed by atoms with E-state index in [-0.39, 0.29) is 6.04 Å². The van der Waals surface area contributed by atoms with Gasteiger partial charge in [0, 0.05) is 11.3 Å². The van der Waals surface area contributed by atoms with Crippen molar-refractivity contribution in [3.63, 3.8) is 0 Å². The van der Waals surface area contributed by atoms with Crippen molar-refractivity contribution in [1.82, 2.24) is 4.98 Å². The smallest absolute Gasteiger partial charge is 0.0952 e. The Kier molecular flexibility index (Phi) is 6.62. The number of nitrogens with zero attached hydrogens (tertiary/aromatic N) is 1. The number of aromatic nitrogens is 1. The average Bonchev–Trinajstić information content (AvgIpc) is 2.99. The van der Waals surface area contributed by atoms with E-state index in [9.17, 15) is 0 Å². The zero-order chi connectivity index (χ0) is 25.9. The summed E-state index contributed by atoms with van der Waals surface area (Å²) >= 11 is 0. The molecule has 0 bridgehead atoms. The van der Waals surface area contributed by atoms with Gasteiger partial charge in [-0.2, -0.15) is 0 Å². The average molecular weight is 493 g/mol. The van der Waals surface area contributed by atoms with Crippen LogP contribution in [0, 0.1) is 0 Å². The van der Waals surface area contributed by atoms with Gasteiger partial charge in [-0.15, -0.1) is 0 Å². The summed E-state index contributed by atoms with van der Waals surface area (Å²) in [4.78, 5) is 5.28. The predicted molar refractivity (Wildman–Crippen MR) is 162 cm³/mol. The first-order valence-electron chi connectivity index (χ1n) is 13.6. The van der Waals surface area contributed by atoms with Gasteiger partial charge < -0.3 is 5.32 Å². The van der Waals surface area contributed by atoms with E-state index in [2.05, 4.69) is 134 Å². The molecule has 0 saturated carbocycles. The molecule has 6 rings (SSSR count). The third-order valence-corrected chi connectivity index (χ3v) is 7.53. The highest BCUT2D eigenvalue weighted by Crippen LogP contribution is 2.39. The lowest BCUT2D eigenvalue weighted by molar-refractivity contribution is 0.893. The van der Waals surface area contributed by atoms with E-state index in [0.717, 1.165) is 29.8 Å². The van der Waals surface area contributed by atoms with Gasteiger partial charge in [0.1, 0.15) is 0 Å². The quantitative estimate of drug-likeness (QED) is 0.225. The van der Waals surface area contributed by atoms with Crippen LogP contribution in [0.3, 0.4) is 0 Å². The Morgan fingerprint density at radius 1 is 0.605 bits per heavy atom. The van der Waals surface area contributed by atoms with Gasteiger partial charge in [0.15, 0.2) is 0 Å². The summed E-state index contributed by atoms with van der Waals surface area (Å²) in [7, 11) is 0. The van der Waals surface area contributed by atoms with Crippen molar-refractivity contribution in [2.75, 3.05) is 5.32 Å². The lowest BCUT2D eigenvalue weighted by atomic mass is 9.89. The largest absolute Gasteiger partial charge is 0.372 e. The Hall–Kier alpha value is -4.43. The van der Waals surface area contributed by atoms with Crippen molar-refractivity contribution in [2.45, 2.75) is 32.7 Å². The first kappa shape index (κ1) is 23.9. The van der Waals surface area contributed by atoms with Gasteiger partial charge in [0.05, 0.1) is 17.4 Å². The van der Waals surface area contributed by atoms with Crippen molar-refractivity contribution < 1.29 is 0 Å². The maximum Gasteiger partial charge on any atom is 0.0952 e. The number of benzene rings is 5. The Balaban J connectivity index is 1.64. The maximum atomic E-state index is 5.28. The third kappa shape index (κ3) is 4.43.